The minimum Gasteiger partial charge on any atom is -0.325 e. The fourth-order valence-electron chi connectivity index (χ4n) is 0.869. The Morgan fingerprint density at radius 1 is 1.47 bits per heavy atom. The number of carbonyl (C=O) groups excluding carboxylic acids is 1. The Kier molecular flexibility index (Phi) is 4.37. The van der Waals surface area contributed by atoms with E-state index in [9.17, 15) is 9.18 Å². The lowest BCUT2D eigenvalue weighted by Crippen LogP contribution is -2.19. The Morgan fingerprint density at radius 2 is 1.93 bits per heavy atom. The Morgan fingerprint density at radius 3 is 2.33 bits per heavy atom. The Balaban J connectivity index is 2.93. The van der Waals surface area contributed by atoms with Gasteiger partial charge in [-0.1, -0.05) is 39.1 Å². The molecule has 0 aromatic heterocycles. The normalized spacial score (nSPS) is 12.3. The summed E-state index contributed by atoms with van der Waals surface area (Å²) in [5.74, 6) is -0.947. The minimum absolute atomic E-state index is 0.125. The summed E-state index contributed by atoms with van der Waals surface area (Å²) in [5, 5.41) is 2.28. The van der Waals surface area contributed by atoms with Gasteiger partial charge >= 0.3 is 0 Å². The third-order valence-electron chi connectivity index (χ3n) is 1.61. The van der Waals surface area contributed by atoms with Crippen molar-refractivity contribution in [3.05, 3.63) is 28.0 Å². The van der Waals surface area contributed by atoms with Gasteiger partial charge in [-0.3, -0.25) is 4.79 Å². The molecule has 82 valence electrons. The van der Waals surface area contributed by atoms with Crippen molar-refractivity contribution >= 4 is 50.7 Å². The average molecular weight is 315 g/mol. The van der Waals surface area contributed by atoms with Gasteiger partial charge in [0.2, 0.25) is 5.91 Å². The molecular formula is C9H7BrCl2FNO. The number of rotatable bonds is 2. The van der Waals surface area contributed by atoms with Crippen LogP contribution in [0.15, 0.2) is 12.1 Å². The molecule has 2 nitrogen and oxygen atoms in total. The highest BCUT2D eigenvalue weighted by Crippen LogP contribution is 2.27. The maximum Gasteiger partial charge on any atom is 0.237 e. The first-order valence-corrected chi connectivity index (χ1v) is 5.68. The highest BCUT2D eigenvalue weighted by Gasteiger charge is 2.12. The van der Waals surface area contributed by atoms with Crippen LogP contribution in [0, 0.1) is 5.82 Å². The van der Waals surface area contributed by atoms with E-state index in [4.69, 9.17) is 23.2 Å². The van der Waals surface area contributed by atoms with Crippen LogP contribution in [0.1, 0.15) is 6.92 Å². The molecule has 0 aliphatic carbocycles. The topological polar surface area (TPSA) is 29.1 Å². The largest absolute Gasteiger partial charge is 0.325 e. The lowest BCUT2D eigenvalue weighted by atomic mass is 10.3. The predicted molar refractivity (Wildman–Crippen MR) is 63.4 cm³/mol. The molecule has 1 N–H and O–H groups in total. The maximum atomic E-state index is 13.0. The quantitative estimate of drug-likeness (QED) is 0.652. The molecule has 0 saturated heterocycles. The summed E-state index contributed by atoms with van der Waals surface area (Å²) in [6.07, 6.45) is 0. The molecule has 0 bridgehead atoms. The van der Waals surface area contributed by atoms with Crippen LogP contribution in [0.3, 0.4) is 0 Å². The van der Waals surface area contributed by atoms with Crippen molar-refractivity contribution < 1.29 is 9.18 Å². The molecule has 1 amide bonds. The Hall–Kier alpha value is -0.320. The van der Waals surface area contributed by atoms with E-state index in [2.05, 4.69) is 21.2 Å². The third-order valence-corrected chi connectivity index (χ3v) is 2.58. The Labute approximate surface area is 105 Å². The van der Waals surface area contributed by atoms with Crippen LogP contribution in [0.5, 0.6) is 0 Å². The van der Waals surface area contributed by atoms with Gasteiger partial charge in [0.05, 0.1) is 14.9 Å². The van der Waals surface area contributed by atoms with E-state index in [1.807, 2.05) is 0 Å². The zero-order valence-corrected chi connectivity index (χ0v) is 10.8. The van der Waals surface area contributed by atoms with Crippen LogP contribution in [0.25, 0.3) is 0 Å². The van der Waals surface area contributed by atoms with Crippen LogP contribution in [0.4, 0.5) is 10.1 Å². The van der Waals surface area contributed by atoms with E-state index in [1.165, 1.54) is 12.1 Å². The number of carbonyl (C=O) groups is 1. The number of halogens is 4. The maximum absolute atomic E-state index is 13.0. The number of hydrogen-bond donors (Lipinski definition) is 1. The van der Waals surface area contributed by atoms with Crippen LogP contribution in [-0.4, -0.2) is 10.7 Å². The number of anilines is 1. The first-order valence-electron chi connectivity index (χ1n) is 4.01. The fourth-order valence-corrected chi connectivity index (χ4v) is 1.47. The fraction of sp³-hybridized carbons (Fsp3) is 0.222. The van der Waals surface area contributed by atoms with Gasteiger partial charge in [0.15, 0.2) is 5.82 Å². The van der Waals surface area contributed by atoms with Crippen molar-refractivity contribution in [1.82, 2.24) is 0 Å². The molecule has 1 unspecified atom stereocenters. The predicted octanol–water partition coefficient (Wildman–Crippen LogP) is 3.85. The van der Waals surface area contributed by atoms with Gasteiger partial charge in [0.25, 0.3) is 0 Å². The minimum atomic E-state index is -0.691. The Bertz CT molecular complexity index is 375. The van der Waals surface area contributed by atoms with Crippen molar-refractivity contribution in [3.63, 3.8) is 0 Å². The van der Waals surface area contributed by atoms with E-state index in [0.717, 1.165) is 0 Å². The van der Waals surface area contributed by atoms with Crippen molar-refractivity contribution in [2.45, 2.75) is 11.8 Å². The summed E-state index contributed by atoms with van der Waals surface area (Å²) < 4.78 is 13.0. The van der Waals surface area contributed by atoms with Gasteiger partial charge in [0.1, 0.15) is 0 Å². The summed E-state index contributed by atoms with van der Waals surface area (Å²) in [7, 11) is 0. The van der Waals surface area contributed by atoms with Crippen molar-refractivity contribution in [3.8, 4) is 0 Å². The van der Waals surface area contributed by atoms with Gasteiger partial charge in [-0.05, 0) is 19.1 Å². The number of alkyl halides is 1. The summed E-state index contributed by atoms with van der Waals surface area (Å²) in [4.78, 5) is 10.9. The first-order chi connectivity index (χ1) is 6.91. The molecule has 15 heavy (non-hydrogen) atoms. The SMILES string of the molecule is CC(Br)C(=O)Nc1cc(Cl)c(F)c(Cl)c1. The van der Waals surface area contributed by atoms with E-state index in [1.54, 1.807) is 6.92 Å². The molecule has 0 fully saturated rings. The van der Waals surface area contributed by atoms with Crippen LogP contribution in [-0.2, 0) is 4.79 Å². The van der Waals surface area contributed by atoms with Crippen molar-refractivity contribution in [2.24, 2.45) is 0 Å². The lowest BCUT2D eigenvalue weighted by Gasteiger charge is -2.08. The monoisotopic (exact) mass is 313 g/mol. The second-order valence-electron chi connectivity index (χ2n) is 2.86. The molecular weight excluding hydrogens is 308 g/mol. The standard InChI is InChI=1S/C9H7BrCl2FNO/c1-4(10)9(15)14-5-2-6(11)8(13)7(12)3-5/h2-4H,1H3,(H,14,15). The molecule has 0 heterocycles. The highest BCUT2D eigenvalue weighted by molar-refractivity contribution is 9.10. The average Bonchev–Trinajstić information content (AvgIpc) is 2.13. The highest BCUT2D eigenvalue weighted by atomic mass is 79.9. The number of hydrogen-bond acceptors (Lipinski definition) is 1. The molecule has 0 spiro atoms. The van der Waals surface area contributed by atoms with E-state index < -0.39 is 5.82 Å². The molecule has 1 aromatic rings. The molecule has 0 saturated carbocycles. The molecule has 0 radical (unpaired) electrons. The summed E-state index contributed by atoms with van der Waals surface area (Å²) >= 11 is 14.2. The smallest absolute Gasteiger partial charge is 0.237 e. The van der Waals surface area contributed by atoms with E-state index >= 15 is 0 Å². The number of nitrogens with one attached hydrogen (secondary N) is 1. The molecule has 1 atom stereocenters. The second-order valence-corrected chi connectivity index (χ2v) is 5.05. The zero-order chi connectivity index (χ0) is 11.6. The molecule has 0 aliphatic rings. The van der Waals surface area contributed by atoms with Crippen LogP contribution >= 0.6 is 39.1 Å². The third kappa shape index (κ3) is 3.33. The van der Waals surface area contributed by atoms with Gasteiger partial charge in [-0.15, -0.1) is 0 Å². The van der Waals surface area contributed by atoms with Crippen molar-refractivity contribution in [1.29, 1.82) is 0 Å². The second kappa shape index (κ2) is 5.14. The first kappa shape index (κ1) is 12.7. The molecule has 6 heteroatoms. The summed E-state index contributed by atoms with van der Waals surface area (Å²) in [6, 6.07) is 2.60. The van der Waals surface area contributed by atoms with Crippen LogP contribution < -0.4 is 5.32 Å². The van der Waals surface area contributed by atoms with Gasteiger partial charge in [-0.25, -0.2) is 4.39 Å². The molecule has 1 aromatic carbocycles. The van der Waals surface area contributed by atoms with E-state index in [0.29, 0.717) is 5.69 Å². The summed E-state index contributed by atoms with van der Waals surface area (Å²) in [5.41, 5.74) is 0.364. The molecule has 0 aliphatic heterocycles. The van der Waals surface area contributed by atoms with Gasteiger partial charge in [-0.2, -0.15) is 0 Å². The van der Waals surface area contributed by atoms with Gasteiger partial charge < -0.3 is 5.32 Å². The summed E-state index contributed by atoms with van der Waals surface area (Å²) in [6.45, 7) is 1.67. The van der Waals surface area contributed by atoms with E-state index in [-0.39, 0.29) is 20.8 Å². The molecule has 1 rings (SSSR count). The van der Waals surface area contributed by atoms with Crippen LogP contribution in [0.2, 0.25) is 10.0 Å². The number of amides is 1. The number of benzene rings is 1. The van der Waals surface area contributed by atoms with Crippen molar-refractivity contribution in [2.75, 3.05) is 5.32 Å². The van der Waals surface area contributed by atoms with Gasteiger partial charge in [0, 0.05) is 5.69 Å². The lowest BCUT2D eigenvalue weighted by molar-refractivity contribution is -0.115. The zero-order valence-electron chi connectivity index (χ0n) is 7.65.